The van der Waals surface area contributed by atoms with Crippen LogP contribution in [0.15, 0.2) is 26.3 Å². The van der Waals surface area contributed by atoms with Gasteiger partial charge in [-0.2, -0.15) is 0 Å². The molecule has 0 saturated heterocycles. The fraction of sp³-hybridized carbons (Fsp3) is 0.308. The first-order valence-corrected chi connectivity index (χ1v) is 9.14. The van der Waals surface area contributed by atoms with E-state index >= 15 is 0 Å². The van der Waals surface area contributed by atoms with E-state index in [1.54, 1.807) is 34.4 Å². The summed E-state index contributed by atoms with van der Waals surface area (Å²) in [6, 6.07) is 4.01. The molecule has 0 unspecified atom stereocenters. The van der Waals surface area contributed by atoms with Gasteiger partial charge in [0.1, 0.15) is 5.76 Å². The normalized spacial score (nSPS) is 11.0. The minimum atomic E-state index is 0.698. The monoisotopic (exact) mass is 338 g/mol. The Morgan fingerprint density at radius 2 is 2.29 bits per heavy atom. The molecular weight excluding hydrogens is 324 g/mol. The van der Waals surface area contributed by atoms with Gasteiger partial charge in [-0.05, 0) is 25.3 Å². The molecule has 0 aliphatic heterocycles. The maximum atomic E-state index is 5.73. The number of oxazole rings is 1. The van der Waals surface area contributed by atoms with Crippen LogP contribution in [0.1, 0.15) is 18.4 Å². The van der Waals surface area contributed by atoms with Crippen LogP contribution >= 0.6 is 34.4 Å². The van der Waals surface area contributed by atoms with Gasteiger partial charge >= 0.3 is 0 Å². The highest BCUT2D eigenvalue weighted by molar-refractivity contribution is 8.00. The van der Waals surface area contributed by atoms with Crippen molar-refractivity contribution in [1.29, 1.82) is 0 Å². The molecule has 0 aromatic carbocycles. The van der Waals surface area contributed by atoms with Crippen molar-refractivity contribution >= 4 is 39.6 Å². The Bertz CT molecular complexity index is 705. The molecule has 0 saturated carbocycles. The predicted octanol–water partition coefficient (Wildman–Crippen LogP) is 4.29. The lowest BCUT2D eigenvalue weighted by molar-refractivity contribution is 0.542. The van der Waals surface area contributed by atoms with Gasteiger partial charge in [0, 0.05) is 12.3 Å². The minimum Gasteiger partial charge on any atom is -0.440 e. The Kier molecular flexibility index (Phi) is 4.57. The highest BCUT2D eigenvalue weighted by Gasteiger charge is 2.13. The zero-order chi connectivity index (χ0) is 14.7. The van der Waals surface area contributed by atoms with Crippen LogP contribution in [-0.4, -0.2) is 21.7 Å². The summed E-state index contributed by atoms with van der Waals surface area (Å²) >= 11 is 4.82. The Hall–Kier alpha value is -1.38. The smallest absolute Gasteiger partial charge is 0.236 e. The van der Waals surface area contributed by atoms with E-state index < -0.39 is 0 Å². The van der Waals surface area contributed by atoms with Gasteiger partial charge in [0.15, 0.2) is 4.34 Å². The third-order valence-electron chi connectivity index (χ3n) is 2.69. The maximum absolute atomic E-state index is 5.73. The van der Waals surface area contributed by atoms with Gasteiger partial charge < -0.3 is 9.73 Å². The molecule has 110 valence electrons. The average molecular weight is 338 g/mol. The van der Waals surface area contributed by atoms with Crippen LogP contribution in [0.5, 0.6) is 0 Å². The number of aromatic nitrogens is 3. The van der Waals surface area contributed by atoms with Crippen LogP contribution in [-0.2, 0) is 5.75 Å². The molecule has 1 N–H and O–H groups in total. The van der Waals surface area contributed by atoms with Crippen LogP contribution in [0.4, 0.5) is 5.13 Å². The van der Waals surface area contributed by atoms with E-state index in [0.717, 1.165) is 38.1 Å². The van der Waals surface area contributed by atoms with Crippen molar-refractivity contribution in [2.45, 2.75) is 23.9 Å². The molecule has 21 heavy (non-hydrogen) atoms. The van der Waals surface area contributed by atoms with Crippen molar-refractivity contribution < 1.29 is 4.42 Å². The van der Waals surface area contributed by atoms with E-state index in [0.29, 0.717) is 5.89 Å². The van der Waals surface area contributed by atoms with E-state index in [1.165, 1.54) is 0 Å². The standard InChI is InChI=1S/C13H14N4OS3/c1-3-14-12-16-17-13(21-12)20-7-9-8(2)18-11(15-9)10-5-4-6-19-10/h4-6H,3,7H2,1-2H3,(H,14,16). The first-order valence-electron chi connectivity index (χ1n) is 6.46. The minimum absolute atomic E-state index is 0.698. The molecule has 3 heterocycles. The number of hydrogen-bond acceptors (Lipinski definition) is 8. The maximum Gasteiger partial charge on any atom is 0.236 e. The zero-order valence-corrected chi connectivity index (χ0v) is 14.1. The summed E-state index contributed by atoms with van der Waals surface area (Å²) in [5.41, 5.74) is 0.962. The summed E-state index contributed by atoms with van der Waals surface area (Å²) in [4.78, 5) is 5.63. The highest BCUT2D eigenvalue weighted by Crippen LogP contribution is 2.31. The van der Waals surface area contributed by atoms with Crippen LogP contribution in [0.2, 0.25) is 0 Å². The molecule has 0 fully saturated rings. The first kappa shape index (κ1) is 14.6. The summed E-state index contributed by atoms with van der Waals surface area (Å²) in [5.74, 6) is 2.30. The number of aryl methyl sites for hydroxylation is 1. The summed E-state index contributed by atoms with van der Waals surface area (Å²) in [6.45, 7) is 4.84. The fourth-order valence-electron chi connectivity index (χ4n) is 1.69. The third kappa shape index (κ3) is 3.45. The molecule has 0 spiro atoms. The molecule has 3 aromatic rings. The second-order valence-corrected chi connectivity index (χ2v) is 7.34. The number of thioether (sulfide) groups is 1. The molecule has 0 radical (unpaired) electrons. The van der Waals surface area contributed by atoms with Crippen LogP contribution in [0.25, 0.3) is 10.8 Å². The summed E-state index contributed by atoms with van der Waals surface area (Å²) in [7, 11) is 0. The largest absolute Gasteiger partial charge is 0.440 e. The number of anilines is 1. The van der Waals surface area contributed by atoms with Gasteiger partial charge in [0.05, 0.1) is 10.6 Å². The zero-order valence-electron chi connectivity index (χ0n) is 11.6. The van der Waals surface area contributed by atoms with Gasteiger partial charge in [0.25, 0.3) is 0 Å². The van der Waals surface area contributed by atoms with Crippen molar-refractivity contribution in [1.82, 2.24) is 15.2 Å². The molecule has 0 amide bonds. The van der Waals surface area contributed by atoms with Gasteiger partial charge in [0.2, 0.25) is 11.0 Å². The molecule has 0 bridgehead atoms. The Morgan fingerprint density at radius 1 is 1.38 bits per heavy atom. The lowest BCUT2D eigenvalue weighted by atomic mass is 10.4. The quantitative estimate of drug-likeness (QED) is 0.677. The first-order chi connectivity index (χ1) is 10.3. The SMILES string of the molecule is CCNc1nnc(SCc2nc(-c3cccs3)oc2C)s1. The fourth-order valence-corrected chi connectivity index (χ4v) is 4.16. The van der Waals surface area contributed by atoms with E-state index in [2.05, 4.69) is 20.5 Å². The molecule has 0 aliphatic rings. The summed E-state index contributed by atoms with van der Waals surface area (Å²) < 4.78 is 6.67. The van der Waals surface area contributed by atoms with E-state index in [-0.39, 0.29) is 0 Å². The van der Waals surface area contributed by atoms with Gasteiger partial charge in [-0.25, -0.2) is 4.98 Å². The molecule has 0 aliphatic carbocycles. The van der Waals surface area contributed by atoms with Crippen LogP contribution in [0, 0.1) is 6.92 Å². The van der Waals surface area contributed by atoms with E-state index in [9.17, 15) is 0 Å². The lowest BCUT2D eigenvalue weighted by Gasteiger charge is -1.94. The number of hydrogen-bond donors (Lipinski definition) is 1. The predicted molar refractivity (Wildman–Crippen MR) is 88.2 cm³/mol. The second kappa shape index (κ2) is 6.59. The molecule has 8 heteroatoms. The molecule has 3 aromatic heterocycles. The molecular formula is C13H14N4OS3. The number of nitrogens with one attached hydrogen (secondary N) is 1. The Morgan fingerprint density at radius 3 is 3.05 bits per heavy atom. The van der Waals surface area contributed by atoms with E-state index in [4.69, 9.17) is 4.42 Å². The van der Waals surface area contributed by atoms with Crippen molar-refractivity contribution in [3.63, 3.8) is 0 Å². The van der Waals surface area contributed by atoms with Crippen molar-refractivity contribution in [2.75, 3.05) is 11.9 Å². The van der Waals surface area contributed by atoms with Crippen molar-refractivity contribution in [3.05, 3.63) is 29.0 Å². The summed E-state index contributed by atoms with van der Waals surface area (Å²) in [6.07, 6.45) is 0. The number of thiophene rings is 1. The Labute approximate surface area is 134 Å². The second-order valence-electron chi connectivity index (χ2n) is 4.19. The average Bonchev–Trinajstić information content (AvgIpc) is 3.17. The molecule has 5 nitrogen and oxygen atoms in total. The Balaban J connectivity index is 1.67. The third-order valence-corrected chi connectivity index (χ3v) is 5.57. The number of nitrogens with zero attached hydrogens (tertiary/aromatic N) is 3. The van der Waals surface area contributed by atoms with Gasteiger partial charge in [-0.1, -0.05) is 29.2 Å². The van der Waals surface area contributed by atoms with Crippen molar-refractivity contribution in [2.24, 2.45) is 0 Å². The summed E-state index contributed by atoms with van der Waals surface area (Å²) in [5, 5.41) is 14.3. The van der Waals surface area contributed by atoms with Crippen molar-refractivity contribution in [3.8, 4) is 10.8 Å². The number of rotatable bonds is 6. The van der Waals surface area contributed by atoms with E-state index in [1.807, 2.05) is 31.4 Å². The van der Waals surface area contributed by atoms with Crippen LogP contribution in [0.3, 0.4) is 0 Å². The topological polar surface area (TPSA) is 63.8 Å². The van der Waals surface area contributed by atoms with Gasteiger partial charge in [-0.15, -0.1) is 21.5 Å². The molecule has 3 rings (SSSR count). The molecule has 0 atom stereocenters. The van der Waals surface area contributed by atoms with Gasteiger partial charge in [-0.3, -0.25) is 0 Å². The lowest BCUT2D eigenvalue weighted by Crippen LogP contribution is -1.94. The van der Waals surface area contributed by atoms with Crippen LogP contribution < -0.4 is 5.32 Å². The highest BCUT2D eigenvalue weighted by atomic mass is 32.2.